The van der Waals surface area contributed by atoms with Crippen LogP contribution >= 0.6 is 11.8 Å². The second-order valence-electron chi connectivity index (χ2n) is 3.79. The minimum atomic E-state index is -0.917. The van der Waals surface area contributed by atoms with E-state index in [4.69, 9.17) is 5.11 Å². The number of phenolic OH excluding ortho intramolecular Hbond substituents is 1. The highest BCUT2D eigenvalue weighted by Gasteiger charge is 2.02. The van der Waals surface area contributed by atoms with Gasteiger partial charge in [0.2, 0.25) is 0 Å². The van der Waals surface area contributed by atoms with Crippen molar-refractivity contribution >= 4 is 17.7 Å². The smallest absolute Gasteiger partial charge is 0.335 e. The van der Waals surface area contributed by atoms with Crippen LogP contribution in [-0.2, 0) is 5.75 Å². The normalized spacial score (nSPS) is 10.2. The molecule has 18 heavy (non-hydrogen) atoms. The third kappa shape index (κ3) is 3.28. The van der Waals surface area contributed by atoms with Gasteiger partial charge in [0, 0.05) is 10.6 Å². The molecule has 0 aliphatic carbocycles. The van der Waals surface area contributed by atoms with Crippen LogP contribution < -0.4 is 0 Å². The van der Waals surface area contributed by atoms with E-state index in [1.165, 1.54) is 0 Å². The largest absolute Gasteiger partial charge is 0.508 e. The van der Waals surface area contributed by atoms with Crippen LogP contribution in [0.25, 0.3) is 0 Å². The number of aromatic carboxylic acids is 1. The standard InChI is InChI=1S/C14H12O3S/c15-12-3-1-2-10(8-12)9-18-13-6-4-11(5-7-13)14(16)17/h1-8,15H,9H2,(H,16,17). The minimum absolute atomic E-state index is 0.259. The fourth-order valence-electron chi connectivity index (χ4n) is 1.51. The van der Waals surface area contributed by atoms with E-state index in [1.54, 1.807) is 54.2 Å². The highest BCUT2D eigenvalue weighted by Crippen LogP contribution is 2.24. The Morgan fingerprint density at radius 3 is 2.44 bits per heavy atom. The fourth-order valence-corrected chi connectivity index (χ4v) is 2.35. The lowest BCUT2D eigenvalue weighted by Gasteiger charge is -2.03. The van der Waals surface area contributed by atoms with Gasteiger partial charge in [-0.15, -0.1) is 11.8 Å². The first-order valence-corrected chi connectivity index (χ1v) is 6.38. The van der Waals surface area contributed by atoms with Crippen LogP contribution in [0.4, 0.5) is 0 Å². The first kappa shape index (κ1) is 12.5. The molecule has 0 aliphatic heterocycles. The van der Waals surface area contributed by atoms with Crippen LogP contribution in [0.5, 0.6) is 5.75 Å². The van der Waals surface area contributed by atoms with Crippen LogP contribution in [0.1, 0.15) is 15.9 Å². The Kier molecular flexibility index (Phi) is 3.89. The molecule has 2 rings (SSSR count). The van der Waals surface area contributed by atoms with Crippen molar-refractivity contribution in [2.24, 2.45) is 0 Å². The van der Waals surface area contributed by atoms with Gasteiger partial charge in [-0.05, 0) is 42.0 Å². The van der Waals surface area contributed by atoms with Gasteiger partial charge in [0.15, 0.2) is 0 Å². The Morgan fingerprint density at radius 2 is 1.83 bits per heavy atom. The van der Waals surface area contributed by atoms with E-state index in [-0.39, 0.29) is 11.3 Å². The number of thioether (sulfide) groups is 1. The molecule has 2 aromatic rings. The van der Waals surface area contributed by atoms with E-state index >= 15 is 0 Å². The first-order chi connectivity index (χ1) is 8.65. The summed E-state index contributed by atoms with van der Waals surface area (Å²) in [5, 5.41) is 18.1. The number of rotatable bonds is 4. The number of hydrogen-bond acceptors (Lipinski definition) is 3. The molecule has 0 aliphatic rings. The molecule has 0 aromatic heterocycles. The number of aromatic hydroxyl groups is 1. The van der Waals surface area contributed by atoms with E-state index in [0.717, 1.165) is 16.2 Å². The van der Waals surface area contributed by atoms with Crippen LogP contribution in [0, 0.1) is 0 Å². The molecule has 0 saturated heterocycles. The molecule has 3 nitrogen and oxygen atoms in total. The summed E-state index contributed by atoms with van der Waals surface area (Å²) >= 11 is 1.60. The van der Waals surface area contributed by atoms with Crippen LogP contribution in [-0.4, -0.2) is 16.2 Å². The summed E-state index contributed by atoms with van der Waals surface area (Å²) in [6, 6.07) is 13.9. The molecule has 0 radical (unpaired) electrons. The lowest BCUT2D eigenvalue weighted by atomic mass is 10.2. The highest BCUT2D eigenvalue weighted by molar-refractivity contribution is 7.98. The summed E-state index contributed by atoms with van der Waals surface area (Å²) in [5.74, 6) is 0.0785. The molecular formula is C14H12O3S. The Labute approximate surface area is 109 Å². The van der Waals surface area contributed by atoms with Gasteiger partial charge in [0.25, 0.3) is 0 Å². The molecule has 0 unspecified atom stereocenters. The van der Waals surface area contributed by atoms with Crippen molar-refractivity contribution in [1.29, 1.82) is 0 Å². The Morgan fingerprint density at radius 1 is 1.11 bits per heavy atom. The number of phenols is 1. The zero-order chi connectivity index (χ0) is 13.0. The third-order valence-corrected chi connectivity index (χ3v) is 3.50. The minimum Gasteiger partial charge on any atom is -0.508 e. The zero-order valence-corrected chi connectivity index (χ0v) is 10.4. The van der Waals surface area contributed by atoms with E-state index in [0.29, 0.717) is 0 Å². The maximum absolute atomic E-state index is 10.7. The van der Waals surface area contributed by atoms with Crippen molar-refractivity contribution < 1.29 is 15.0 Å². The number of carboxylic acids is 1. The number of hydrogen-bond donors (Lipinski definition) is 2. The molecule has 0 atom stereocenters. The molecule has 0 heterocycles. The van der Waals surface area contributed by atoms with E-state index in [1.807, 2.05) is 6.07 Å². The molecule has 0 saturated carbocycles. The van der Waals surface area contributed by atoms with E-state index < -0.39 is 5.97 Å². The second kappa shape index (κ2) is 5.60. The molecular weight excluding hydrogens is 248 g/mol. The van der Waals surface area contributed by atoms with E-state index in [9.17, 15) is 9.90 Å². The van der Waals surface area contributed by atoms with Crippen LogP contribution in [0.2, 0.25) is 0 Å². The predicted octanol–water partition coefficient (Wildman–Crippen LogP) is 3.38. The van der Waals surface area contributed by atoms with Gasteiger partial charge in [0.1, 0.15) is 5.75 Å². The Bertz CT molecular complexity index is 549. The molecule has 4 heteroatoms. The van der Waals surface area contributed by atoms with Crippen molar-refractivity contribution in [3.05, 3.63) is 59.7 Å². The maximum Gasteiger partial charge on any atom is 0.335 e. The average molecular weight is 260 g/mol. The fraction of sp³-hybridized carbons (Fsp3) is 0.0714. The molecule has 2 aromatic carbocycles. The lowest BCUT2D eigenvalue weighted by Crippen LogP contribution is -1.94. The van der Waals surface area contributed by atoms with Gasteiger partial charge < -0.3 is 10.2 Å². The average Bonchev–Trinajstić information content (AvgIpc) is 2.37. The van der Waals surface area contributed by atoms with Gasteiger partial charge in [-0.3, -0.25) is 0 Å². The molecule has 92 valence electrons. The third-order valence-electron chi connectivity index (χ3n) is 2.42. The van der Waals surface area contributed by atoms with Crippen LogP contribution in [0.15, 0.2) is 53.4 Å². The Hall–Kier alpha value is -1.94. The lowest BCUT2D eigenvalue weighted by molar-refractivity contribution is 0.0697. The number of carbonyl (C=O) groups is 1. The summed E-state index contributed by atoms with van der Waals surface area (Å²) in [7, 11) is 0. The summed E-state index contributed by atoms with van der Waals surface area (Å²) in [5.41, 5.74) is 1.32. The summed E-state index contributed by atoms with van der Waals surface area (Å²) in [6.07, 6.45) is 0. The van der Waals surface area contributed by atoms with Crippen molar-refractivity contribution in [1.82, 2.24) is 0 Å². The quantitative estimate of drug-likeness (QED) is 0.827. The predicted molar refractivity (Wildman–Crippen MR) is 71.1 cm³/mol. The van der Waals surface area contributed by atoms with Crippen molar-refractivity contribution in [3.8, 4) is 5.75 Å². The molecule has 0 spiro atoms. The van der Waals surface area contributed by atoms with Gasteiger partial charge in [0.05, 0.1) is 5.56 Å². The molecule has 0 amide bonds. The topological polar surface area (TPSA) is 57.5 Å². The Balaban J connectivity index is 2.00. The van der Waals surface area contributed by atoms with Crippen molar-refractivity contribution in [3.63, 3.8) is 0 Å². The van der Waals surface area contributed by atoms with E-state index in [2.05, 4.69) is 0 Å². The monoisotopic (exact) mass is 260 g/mol. The van der Waals surface area contributed by atoms with Gasteiger partial charge >= 0.3 is 5.97 Å². The van der Waals surface area contributed by atoms with Crippen molar-refractivity contribution in [2.45, 2.75) is 10.6 Å². The van der Waals surface area contributed by atoms with Gasteiger partial charge in [-0.25, -0.2) is 4.79 Å². The SMILES string of the molecule is O=C(O)c1ccc(SCc2cccc(O)c2)cc1. The summed E-state index contributed by atoms with van der Waals surface area (Å²) in [6.45, 7) is 0. The summed E-state index contributed by atoms with van der Waals surface area (Å²) < 4.78 is 0. The van der Waals surface area contributed by atoms with Gasteiger partial charge in [-0.1, -0.05) is 12.1 Å². The molecule has 2 N–H and O–H groups in total. The second-order valence-corrected chi connectivity index (χ2v) is 4.84. The number of carboxylic acid groups (broad SMARTS) is 1. The van der Waals surface area contributed by atoms with Crippen LogP contribution in [0.3, 0.4) is 0 Å². The van der Waals surface area contributed by atoms with Crippen molar-refractivity contribution in [2.75, 3.05) is 0 Å². The zero-order valence-electron chi connectivity index (χ0n) is 9.54. The molecule has 0 fully saturated rings. The molecule has 0 bridgehead atoms. The number of benzene rings is 2. The van der Waals surface area contributed by atoms with Gasteiger partial charge in [-0.2, -0.15) is 0 Å². The summed E-state index contributed by atoms with van der Waals surface area (Å²) in [4.78, 5) is 11.7. The maximum atomic E-state index is 10.7. The highest BCUT2D eigenvalue weighted by atomic mass is 32.2. The first-order valence-electron chi connectivity index (χ1n) is 5.39.